The zero-order chi connectivity index (χ0) is 17.7. The highest BCUT2D eigenvalue weighted by atomic mass is 35.5. The molecule has 142 valence electrons. The molecule has 0 bridgehead atoms. The summed E-state index contributed by atoms with van der Waals surface area (Å²) in [5.74, 6) is -0.607. The fourth-order valence-electron chi connectivity index (χ4n) is 2.70. The van der Waals surface area contributed by atoms with Gasteiger partial charge in [0.2, 0.25) is 0 Å². The zero-order valence-electron chi connectivity index (χ0n) is 14.1. The van der Waals surface area contributed by atoms with Crippen LogP contribution in [0.25, 0.3) is 0 Å². The highest BCUT2D eigenvalue weighted by Gasteiger charge is 2.43. The summed E-state index contributed by atoms with van der Waals surface area (Å²) < 4.78 is 40.0. The Kier molecular flexibility index (Phi) is 8.04. The van der Waals surface area contributed by atoms with E-state index in [-0.39, 0.29) is 23.9 Å². The third-order valence-electron chi connectivity index (χ3n) is 3.96. The highest BCUT2D eigenvalue weighted by Crippen LogP contribution is 2.25. The van der Waals surface area contributed by atoms with Crippen molar-refractivity contribution < 1.29 is 18.0 Å². The molecule has 0 spiro atoms. The van der Waals surface area contributed by atoms with Crippen molar-refractivity contribution in [3.05, 3.63) is 23.8 Å². The molecule has 1 aliphatic heterocycles. The Morgan fingerprint density at radius 2 is 2.00 bits per heavy atom. The minimum absolute atomic E-state index is 0. The molecular formula is C15H23ClF3N5O. The van der Waals surface area contributed by atoms with Crippen LogP contribution >= 0.6 is 12.4 Å². The molecule has 2 N–H and O–H groups in total. The van der Waals surface area contributed by atoms with Crippen molar-refractivity contribution in [2.45, 2.75) is 32.0 Å². The van der Waals surface area contributed by atoms with Crippen LogP contribution in [0.15, 0.2) is 12.5 Å². The molecule has 0 aromatic carbocycles. The average molecular weight is 382 g/mol. The van der Waals surface area contributed by atoms with Gasteiger partial charge in [0.15, 0.2) is 0 Å². The molecule has 1 unspecified atom stereocenters. The topological polar surface area (TPSA) is 70.2 Å². The molecule has 0 radical (unpaired) electrons. The monoisotopic (exact) mass is 381 g/mol. The number of hydrogen-bond acceptors (Lipinski definition) is 5. The van der Waals surface area contributed by atoms with Gasteiger partial charge in [-0.2, -0.15) is 13.2 Å². The normalized spacial score (nSPS) is 17.0. The quantitative estimate of drug-likeness (QED) is 0.810. The number of amides is 1. The Morgan fingerprint density at radius 3 is 2.56 bits per heavy atom. The Labute approximate surface area is 151 Å². The molecule has 1 fully saturated rings. The summed E-state index contributed by atoms with van der Waals surface area (Å²) in [5.41, 5.74) is 0.738. The minimum atomic E-state index is -4.40. The van der Waals surface area contributed by atoms with Gasteiger partial charge in [-0.15, -0.1) is 12.4 Å². The molecule has 6 nitrogen and oxygen atoms in total. The maximum Gasteiger partial charge on any atom is 0.405 e. The summed E-state index contributed by atoms with van der Waals surface area (Å²) in [7, 11) is 0. The number of nitrogens with zero attached hydrogens (tertiary/aromatic N) is 3. The molecule has 1 aliphatic rings. The maximum atomic E-state index is 13.3. The van der Waals surface area contributed by atoms with Crippen molar-refractivity contribution in [3.8, 4) is 0 Å². The van der Waals surface area contributed by atoms with Crippen LogP contribution < -0.4 is 10.6 Å². The fourth-order valence-corrected chi connectivity index (χ4v) is 2.70. The molecule has 0 aliphatic carbocycles. The second-order valence-corrected chi connectivity index (χ2v) is 6.03. The van der Waals surface area contributed by atoms with E-state index in [2.05, 4.69) is 20.6 Å². The van der Waals surface area contributed by atoms with Crippen LogP contribution in [-0.2, 0) is 0 Å². The number of piperazine rings is 1. The number of aromatic nitrogens is 2. The lowest BCUT2D eigenvalue weighted by molar-refractivity contribution is -0.183. The number of halogens is 4. The van der Waals surface area contributed by atoms with E-state index in [4.69, 9.17) is 0 Å². The molecule has 1 aromatic rings. The molecule has 0 saturated carbocycles. The lowest BCUT2D eigenvalue weighted by Crippen LogP contribution is -2.57. The van der Waals surface area contributed by atoms with Crippen LogP contribution in [-0.4, -0.2) is 65.7 Å². The third-order valence-corrected chi connectivity index (χ3v) is 3.96. The summed E-state index contributed by atoms with van der Waals surface area (Å²) in [6.45, 7) is 4.83. The summed E-state index contributed by atoms with van der Waals surface area (Å²) in [5, 5.41) is 5.42. The van der Waals surface area contributed by atoms with E-state index in [1.165, 1.54) is 17.4 Å². The SMILES string of the molecule is CC(C)c1ncncc1C(=O)NCC(N1CCNCC1)C(F)(F)F.Cl. The van der Waals surface area contributed by atoms with Gasteiger partial charge in [-0.25, -0.2) is 9.97 Å². The first-order valence-electron chi connectivity index (χ1n) is 7.90. The van der Waals surface area contributed by atoms with E-state index in [9.17, 15) is 18.0 Å². The Morgan fingerprint density at radius 1 is 1.36 bits per heavy atom. The van der Waals surface area contributed by atoms with Crippen LogP contribution in [0, 0.1) is 0 Å². The summed E-state index contributed by atoms with van der Waals surface area (Å²) in [6.07, 6.45) is -1.74. The molecule has 1 atom stereocenters. The van der Waals surface area contributed by atoms with Crippen LogP contribution in [0.2, 0.25) is 0 Å². The summed E-state index contributed by atoms with van der Waals surface area (Å²) in [6, 6.07) is -1.70. The highest BCUT2D eigenvalue weighted by molar-refractivity contribution is 5.95. The molecule has 2 rings (SSSR count). The minimum Gasteiger partial charge on any atom is -0.350 e. The van der Waals surface area contributed by atoms with E-state index in [1.807, 2.05) is 13.8 Å². The van der Waals surface area contributed by atoms with Gasteiger partial charge < -0.3 is 10.6 Å². The van der Waals surface area contributed by atoms with E-state index in [1.54, 1.807) is 0 Å². The average Bonchev–Trinajstić information content (AvgIpc) is 2.54. The Hall–Kier alpha value is -1.45. The van der Waals surface area contributed by atoms with E-state index >= 15 is 0 Å². The van der Waals surface area contributed by atoms with E-state index < -0.39 is 24.7 Å². The molecular weight excluding hydrogens is 359 g/mol. The predicted molar refractivity (Wildman–Crippen MR) is 90.0 cm³/mol. The van der Waals surface area contributed by atoms with Crippen LogP contribution in [0.1, 0.15) is 35.8 Å². The van der Waals surface area contributed by atoms with Crippen molar-refractivity contribution >= 4 is 18.3 Å². The second kappa shape index (κ2) is 9.30. The van der Waals surface area contributed by atoms with E-state index in [0.717, 1.165) is 0 Å². The van der Waals surface area contributed by atoms with Crippen LogP contribution in [0.3, 0.4) is 0 Å². The lowest BCUT2D eigenvalue weighted by atomic mass is 10.0. The van der Waals surface area contributed by atoms with Crippen molar-refractivity contribution in [1.29, 1.82) is 0 Å². The lowest BCUT2D eigenvalue weighted by Gasteiger charge is -2.35. The van der Waals surface area contributed by atoms with Gasteiger partial charge in [0.05, 0.1) is 11.3 Å². The predicted octanol–water partition coefficient (Wildman–Crippen LogP) is 1.59. The largest absolute Gasteiger partial charge is 0.405 e. The number of nitrogens with one attached hydrogen (secondary N) is 2. The molecule has 1 saturated heterocycles. The maximum absolute atomic E-state index is 13.3. The second-order valence-electron chi connectivity index (χ2n) is 6.03. The first-order chi connectivity index (χ1) is 11.3. The molecule has 10 heteroatoms. The van der Waals surface area contributed by atoms with Gasteiger partial charge >= 0.3 is 6.18 Å². The first-order valence-corrected chi connectivity index (χ1v) is 7.90. The molecule has 25 heavy (non-hydrogen) atoms. The number of hydrogen-bond donors (Lipinski definition) is 2. The summed E-state index contributed by atoms with van der Waals surface area (Å²) >= 11 is 0. The fraction of sp³-hybridized carbons (Fsp3) is 0.667. The van der Waals surface area contributed by atoms with Crippen molar-refractivity contribution in [1.82, 2.24) is 25.5 Å². The van der Waals surface area contributed by atoms with Crippen LogP contribution in [0.5, 0.6) is 0 Å². The summed E-state index contributed by atoms with van der Waals surface area (Å²) in [4.78, 5) is 21.5. The van der Waals surface area contributed by atoms with Crippen LogP contribution in [0.4, 0.5) is 13.2 Å². The van der Waals surface area contributed by atoms with E-state index in [0.29, 0.717) is 31.9 Å². The first kappa shape index (κ1) is 21.6. The number of rotatable bonds is 5. The number of alkyl halides is 3. The van der Waals surface area contributed by atoms with Gasteiger partial charge in [0, 0.05) is 38.9 Å². The number of carbonyl (C=O) groups is 1. The van der Waals surface area contributed by atoms with Gasteiger partial charge in [0.25, 0.3) is 5.91 Å². The molecule has 1 amide bonds. The smallest absolute Gasteiger partial charge is 0.350 e. The molecule has 1 aromatic heterocycles. The Bertz CT molecular complexity index is 564. The van der Waals surface area contributed by atoms with Gasteiger partial charge in [0.1, 0.15) is 12.4 Å². The van der Waals surface area contributed by atoms with Crippen molar-refractivity contribution in [3.63, 3.8) is 0 Å². The Balaban J connectivity index is 0.00000312. The third kappa shape index (κ3) is 5.79. The van der Waals surface area contributed by atoms with Gasteiger partial charge in [-0.1, -0.05) is 13.8 Å². The van der Waals surface area contributed by atoms with Crippen molar-refractivity contribution in [2.24, 2.45) is 0 Å². The van der Waals surface area contributed by atoms with Gasteiger partial charge in [-0.05, 0) is 5.92 Å². The zero-order valence-corrected chi connectivity index (χ0v) is 15.0. The van der Waals surface area contributed by atoms with Gasteiger partial charge in [-0.3, -0.25) is 9.69 Å². The molecule has 2 heterocycles. The number of carbonyl (C=O) groups excluding carboxylic acids is 1. The standard InChI is InChI=1S/C15H22F3N5O.ClH/c1-10(2)13-11(7-20-9-22-13)14(24)21-8-12(15(16,17)18)23-5-3-19-4-6-23;/h7,9-10,12,19H,3-6,8H2,1-2H3,(H,21,24);1H. The van der Waals surface area contributed by atoms with Crippen molar-refractivity contribution in [2.75, 3.05) is 32.7 Å².